The molecule has 1 aliphatic rings. The lowest BCUT2D eigenvalue weighted by Crippen LogP contribution is -2.36. The number of carbonyl (C=O) groups excluding carboxylic acids is 1. The summed E-state index contributed by atoms with van der Waals surface area (Å²) in [7, 11) is 1.40. The number of thiocarbonyl (C=S) groups is 1. The highest BCUT2D eigenvalue weighted by molar-refractivity contribution is 7.80. The van der Waals surface area contributed by atoms with Gasteiger partial charge in [0.2, 0.25) is 0 Å². The van der Waals surface area contributed by atoms with Gasteiger partial charge in [-0.05, 0) is 44.5 Å². The van der Waals surface area contributed by atoms with Crippen LogP contribution in [-0.2, 0) is 4.74 Å². The second kappa shape index (κ2) is 6.54. The quantitative estimate of drug-likeness (QED) is 0.662. The lowest BCUT2D eigenvalue weighted by molar-refractivity contribution is 0.0601. The normalized spacial score (nSPS) is 15.2. The third-order valence-electron chi connectivity index (χ3n) is 3.69. The molecule has 4 nitrogen and oxygen atoms in total. The van der Waals surface area contributed by atoms with Gasteiger partial charge < -0.3 is 15.4 Å². The summed E-state index contributed by atoms with van der Waals surface area (Å²) < 4.78 is 4.85. The number of thiophene rings is 1. The minimum Gasteiger partial charge on any atom is -0.465 e. The molecule has 1 saturated carbocycles. The average molecular weight is 312 g/mol. The number of anilines is 1. The average Bonchev–Trinajstić information content (AvgIpc) is 2.99. The second-order valence-electron chi connectivity index (χ2n) is 5.06. The summed E-state index contributed by atoms with van der Waals surface area (Å²) in [4.78, 5) is 13.0. The van der Waals surface area contributed by atoms with Crippen molar-refractivity contribution < 1.29 is 9.53 Å². The minimum atomic E-state index is -0.321. The molecule has 1 aliphatic carbocycles. The van der Waals surface area contributed by atoms with Crippen LogP contribution in [0.2, 0.25) is 0 Å². The maximum atomic E-state index is 11.9. The van der Waals surface area contributed by atoms with E-state index < -0.39 is 0 Å². The van der Waals surface area contributed by atoms with E-state index in [0.29, 0.717) is 16.7 Å². The van der Waals surface area contributed by atoms with E-state index in [2.05, 4.69) is 10.6 Å². The Labute approximate surface area is 128 Å². The lowest BCUT2D eigenvalue weighted by atomic mass is 10.1. The first-order valence-electron chi connectivity index (χ1n) is 6.78. The molecule has 0 bridgehead atoms. The third-order valence-corrected chi connectivity index (χ3v) is 5.03. The zero-order valence-corrected chi connectivity index (χ0v) is 13.7. The molecule has 110 valence electrons. The number of hydrogen-bond acceptors (Lipinski definition) is 4. The number of rotatable bonds is 3. The van der Waals surface area contributed by atoms with Crippen LogP contribution in [0, 0.1) is 13.8 Å². The van der Waals surface area contributed by atoms with Gasteiger partial charge >= 0.3 is 5.97 Å². The molecule has 0 atom stereocenters. The van der Waals surface area contributed by atoms with Crippen LogP contribution in [0.25, 0.3) is 0 Å². The predicted molar refractivity (Wildman–Crippen MR) is 86.7 cm³/mol. The fourth-order valence-corrected chi connectivity index (χ4v) is 3.84. The van der Waals surface area contributed by atoms with Gasteiger partial charge in [-0.25, -0.2) is 4.79 Å². The summed E-state index contributed by atoms with van der Waals surface area (Å²) in [6.45, 7) is 3.92. The van der Waals surface area contributed by atoms with Crippen LogP contribution in [-0.4, -0.2) is 24.2 Å². The van der Waals surface area contributed by atoms with E-state index in [1.54, 1.807) is 0 Å². The second-order valence-corrected chi connectivity index (χ2v) is 6.69. The zero-order chi connectivity index (χ0) is 14.7. The summed E-state index contributed by atoms with van der Waals surface area (Å²) in [6.07, 6.45) is 4.83. The van der Waals surface area contributed by atoms with Gasteiger partial charge in [0.05, 0.1) is 12.7 Å². The Balaban J connectivity index is 2.10. The zero-order valence-electron chi connectivity index (χ0n) is 12.0. The Hall–Kier alpha value is -1.14. The molecule has 0 radical (unpaired) electrons. The molecule has 1 fully saturated rings. The molecule has 2 rings (SSSR count). The molecule has 0 amide bonds. The van der Waals surface area contributed by atoms with Crippen LogP contribution in [0.4, 0.5) is 5.00 Å². The molecule has 2 N–H and O–H groups in total. The van der Waals surface area contributed by atoms with Gasteiger partial charge in [-0.2, -0.15) is 0 Å². The molecule has 0 unspecified atom stereocenters. The van der Waals surface area contributed by atoms with Crippen molar-refractivity contribution in [2.45, 2.75) is 45.6 Å². The Kier molecular flexibility index (Phi) is 4.99. The first-order valence-corrected chi connectivity index (χ1v) is 8.01. The summed E-state index contributed by atoms with van der Waals surface area (Å²) in [6, 6.07) is 0.457. The number of carbonyl (C=O) groups is 1. The summed E-state index contributed by atoms with van der Waals surface area (Å²) >= 11 is 6.87. The van der Waals surface area contributed by atoms with E-state index in [0.717, 1.165) is 28.3 Å². The Morgan fingerprint density at radius 3 is 2.60 bits per heavy atom. The Morgan fingerprint density at radius 1 is 1.35 bits per heavy atom. The molecule has 0 spiro atoms. The number of nitrogens with one attached hydrogen (secondary N) is 2. The molecular weight excluding hydrogens is 292 g/mol. The number of methoxy groups -OCH3 is 1. The van der Waals surface area contributed by atoms with E-state index >= 15 is 0 Å². The van der Waals surface area contributed by atoms with Crippen LogP contribution in [0.3, 0.4) is 0 Å². The van der Waals surface area contributed by atoms with E-state index in [-0.39, 0.29) is 5.97 Å². The summed E-state index contributed by atoms with van der Waals surface area (Å²) in [5.74, 6) is -0.321. The fraction of sp³-hybridized carbons (Fsp3) is 0.571. The summed E-state index contributed by atoms with van der Waals surface area (Å²) in [5.41, 5.74) is 1.54. The molecule has 1 heterocycles. The maximum absolute atomic E-state index is 11.9. The first-order chi connectivity index (χ1) is 9.52. The highest BCUT2D eigenvalue weighted by Gasteiger charge is 2.22. The van der Waals surface area contributed by atoms with Crippen molar-refractivity contribution >= 4 is 39.6 Å². The predicted octanol–water partition coefficient (Wildman–Crippen LogP) is 3.38. The monoisotopic (exact) mass is 312 g/mol. The van der Waals surface area contributed by atoms with E-state index in [4.69, 9.17) is 17.0 Å². The minimum absolute atomic E-state index is 0.321. The maximum Gasteiger partial charge on any atom is 0.341 e. The number of esters is 1. The van der Waals surface area contributed by atoms with Crippen LogP contribution in [0.1, 0.15) is 46.5 Å². The van der Waals surface area contributed by atoms with Crippen molar-refractivity contribution in [2.75, 3.05) is 12.4 Å². The first kappa shape index (κ1) is 15.3. The van der Waals surface area contributed by atoms with Crippen molar-refractivity contribution in [1.29, 1.82) is 0 Å². The van der Waals surface area contributed by atoms with Crippen molar-refractivity contribution in [3.8, 4) is 0 Å². The number of hydrogen-bond donors (Lipinski definition) is 2. The van der Waals surface area contributed by atoms with Crippen LogP contribution >= 0.6 is 23.6 Å². The molecule has 6 heteroatoms. The number of aryl methyl sites for hydroxylation is 1. The molecule has 0 aliphatic heterocycles. The van der Waals surface area contributed by atoms with Gasteiger partial charge in [-0.1, -0.05) is 12.8 Å². The molecule has 1 aromatic heterocycles. The van der Waals surface area contributed by atoms with Gasteiger partial charge in [-0.3, -0.25) is 0 Å². The Bertz CT molecular complexity index is 519. The van der Waals surface area contributed by atoms with E-state index in [1.165, 1.54) is 31.3 Å². The number of ether oxygens (including phenoxy) is 1. The highest BCUT2D eigenvalue weighted by atomic mass is 32.1. The van der Waals surface area contributed by atoms with Gasteiger partial charge in [-0.15, -0.1) is 11.3 Å². The smallest absolute Gasteiger partial charge is 0.341 e. The van der Waals surface area contributed by atoms with E-state index in [9.17, 15) is 4.79 Å². The summed E-state index contributed by atoms with van der Waals surface area (Å²) in [5, 5.41) is 7.82. The van der Waals surface area contributed by atoms with Crippen molar-refractivity contribution in [1.82, 2.24) is 5.32 Å². The topological polar surface area (TPSA) is 50.4 Å². The Morgan fingerprint density at radius 2 is 2.00 bits per heavy atom. The van der Waals surface area contributed by atoms with E-state index in [1.807, 2.05) is 13.8 Å². The molecule has 0 aromatic carbocycles. The highest BCUT2D eigenvalue weighted by Crippen LogP contribution is 2.33. The van der Waals surface area contributed by atoms with Gasteiger partial charge in [0, 0.05) is 10.9 Å². The van der Waals surface area contributed by atoms with Crippen molar-refractivity contribution in [3.63, 3.8) is 0 Å². The fourth-order valence-electron chi connectivity index (χ4n) is 2.46. The molecular formula is C14H20N2O2S2. The van der Waals surface area contributed by atoms with Gasteiger partial charge in [0.25, 0.3) is 0 Å². The molecule has 1 aromatic rings. The standard InChI is InChI=1S/C14H20N2O2S2/c1-8-9(2)20-12(11(8)13(17)18-3)16-14(19)15-10-6-4-5-7-10/h10H,4-7H2,1-3H3,(H2,15,16,19). The SMILES string of the molecule is COC(=O)c1c(NC(=S)NC2CCCC2)sc(C)c1C. The van der Waals surface area contributed by atoms with Crippen molar-refractivity contribution in [3.05, 3.63) is 16.0 Å². The van der Waals surface area contributed by atoms with Crippen molar-refractivity contribution in [2.24, 2.45) is 0 Å². The van der Waals surface area contributed by atoms with Gasteiger partial charge in [0.1, 0.15) is 5.00 Å². The third kappa shape index (κ3) is 3.30. The molecule has 0 saturated heterocycles. The lowest BCUT2D eigenvalue weighted by Gasteiger charge is -2.15. The largest absolute Gasteiger partial charge is 0.465 e. The van der Waals surface area contributed by atoms with Crippen LogP contribution in [0.15, 0.2) is 0 Å². The van der Waals surface area contributed by atoms with Gasteiger partial charge in [0.15, 0.2) is 5.11 Å². The van der Waals surface area contributed by atoms with Crippen LogP contribution < -0.4 is 10.6 Å². The van der Waals surface area contributed by atoms with Crippen LogP contribution in [0.5, 0.6) is 0 Å². The molecule has 20 heavy (non-hydrogen) atoms.